The quantitative estimate of drug-likeness (QED) is 0.211. The Morgan fingerprint density at radius 1 is 0.951 bits per heavy atom. The Labute approximate surface area is 243 Å². The number of Topliss-reactive ketones (excluding diaryl/α,β-unsaturated/α-hetero) is 2. The van der Waals surface area contributed by atoms with Crippen molar-refractivity contribution in [2.45, 2.75) is 104 Å². The van der Waals surface area contributed by atoms with Crippen LogP contribution in [0.1, 0.15) is 68.2 Å². The number of hydrogen-bond acceptors (Lipinski definition) is 10. The third kappa shape index (κ3) is 9.39. The molecule has 0 radical (unpaired) electrons. The van der Waals surface area contributed by atoms with Crippen LogP contribution in [0.15, 0.2) is 36.0 Å². The number of ether oxygens (including phenoxy) is 1. The van der Waals surface area contributed by atoms with Gasteiger partial charge in [0, 0.05) is 24.2 Å². The van der Waals surface area contributed by atoms with Gasteiger partial charge in [0.15, 0.2) is 11.4 Å². The van der Waals surface area contributed by atoms with Gasteiger partial charge in [0.2, 0.25) is 0 Å². The number of rotatable bonds is 4. The van der Waals surface area contributed by atoms with Crippen molar-refractivity contribution in [2.24, 2.45) is 29.1 Å². The monoisotopic (exact) mass is 582 g/mol. The van der Waals surface area contributed by atoms with E-state index in [1.54, 1.807) is 32.1 Å². The van der Waals surface area contributed by atoms with E-state index in [2.05, 4.69) is 0 Å². The molecule has 0 amide bonds. The number of aliphatic hydroxyl groups is 6. The average Bonchev–Trinajstić information content (AvgIpc) is 2.91. The molecular weight excluding hydrogens is 532 g/mol. The number of carbonyl (C=O) groups excluding carboxylic acids is 3. The van der Waals surface area contributed by atoms with E-state index in [-0.39, 0.29) is 12.3 Å². The molecule has 0 spiro atoms. The Hall–Kier alpha value is -2.21. The molecule has 1 rings (SSSR count). The van der Waals surface area contributed by atoms with Gasteiger partial charge in [-0.1, -0.05) is 71.9 Å². The summed E-state index contributed by atoms with van der Waals surface area (Å²) in [5.41, 5.74) is -3.75. The van der Waals surface area contributed by atoms with Crippen LogP contribution in [0.3, 0.4) is 0 Å². The molecule has 10 heteroatoms. The standard InChI is InChI=1S/C31H50O10/c1-9-10-17(2)11-12-24(34)31(40)16-41-26(36)15-25(35)30(7,8)28(38)21(6)27(37)19(4)13-18(3)22(32)14-23(33)20(5)29(31)39/h9-13,17-18,20-25,27,32-35,37,40H,14-16H2,1-8H3/b10-9-,12-11+,19-13+/t17-,18-,20+,21+,22-,23-,24+,25+,27-,31-/m0/s1. The van der Waals surface area contributed by atoms with Crippen LogP contribution < -0.4 is 0 Å². The topological polar surface area (TPSA) is 182 Å². The molecule has 10 nitrogen and oxygen atoms in total. The summed E-state index contributed by atoms with van der Waals surface area (Å²) < 4.78 is 5.16. The van der Waals surface area contributed by atoms with Crippen molar-refractivity contribution in [3.05, 3.63) is 36.0 Å². The summed E-state index contributed by atoms with van der Waals surface area (Å²) in [6.45, 7) is 11.6. The summed E-state index contributed by atoms with van der Waals surface area (Å²) in [5, 5.41) is 65.5. The van der Waals surface area contributed by atoms with Gasteiger partial charge >= 0.3 is 5.97 Å². The number of allylic oxidation sites excluding steroid dienone is 3. The molecule has 0 saturated carbocycles. The maximum atomic E-state index is 13.5. The average molecular weight is 583 g/mol. The van der Waals surface area contributed by atoms with Crippen molar-refractivity contribution in [3.63, 3.8) is 0 Å². The molecule has 0 aliphatic carbocycles. The lowest BCUT2D eigenvalue weighted by molar-refractivity contribution is -0.173. The fourth-order valence-corrected chi connectivity index (χ4v) is 4.92. The molecule has 234 valence electrons. The van der Waals surface area contributed by atoms with Crippen LogP contribution in [0, 0.1) is 29.1 Å². The molecule has 1 aliphatic rings. The molecule has 10 atom stereocenters. The van der Waals surface area contributed by atoms with Gasteiger partial charge in [-0.05, 0) is 25.3 Å². The van der Waals surface area contributed by atoms with Gasteiger partial charge in [0.25, 0.3) is 0 Å². The van der Waals surface area contributed by atoms with E-state index in [4.69, 9.17) is 4.74 Å². The first-order valence-electron chi connectivity index (χ1n) is 14.2. The van der Waals surface area contributed by atoms with Crippen molar-refractivity contribution < 1.29 is 49.8 Å². The zero-order chi connectivity index (χ0) is 31.9. The number of carbonyl (C=O) groups is 3. The molecule has 41 heavy (non-hydrogen) atoms. The lowest BCUT2D eigenvalue weighted by atomic mass is 9.74. The summed E-state index contributed by atoms with van der Waals surface area (Å²) in [6.07, 6.45) is -0.203. The lowest BCUT2D eigenvalue weighted by Crippen LogP contribution is -2.56. The molecule has 0 unspecified atom stereocenters. The van der Waals surface area contributed by atoms with Gasteiger partial charge in [-0.3, -0.25) is 14.4 Å². The van der Waals surface area contributed by atoms with Crippen LogP contribution in [0.25, 0.3) is 0 Å². The minimum Gasteiger partial charge on any atom is -0.462 e. The normalized spacial score (nSPS) is 38.1. The summed E-state index contributed by atoms with van der Waals surface area (Å²) >= 11 is 0. The van der Waals surface area contributed by atoms with E-state index in [9.17, 15) is 45.0 Å². The maximum absolute atomic E-state index is 13.5. The fraction of sp³-hybridized carbons (Fsp3) is 0.710. The van der Waals surface area contributed by atoms with Crippen molar-refractivity contribution in [1.29, 1.82) is 0 Å². The smallest absolute Gasteiger partial charge is 0.308 e. The first-order chi connectivity index (χ1) is 18.8. The molecule has 0 aromatic heterocycles. The highest BCUT2D eigenvalue weighted by Gasteiger charge is 2.48. The summed E-state index contributed by atoms with van der Waals surface area (Å²) in [4.78, 5) is 39.5. The summed E-state index contributed by atoms with van der Waals surface area (Å²) in [7, 11) is 0. The number of hydrogen-bond donors (Lipinski definition) is 6. The number of aliphatic hydroxyl groups excluding tert-OH is 5. The molecule has 1 aliphatic heterocycles. The molecule has 0 aromatic carbocycles. The maximum Gasteiger partial charge on any atom is 0.308 e. The SMILES string of the molecule is C/C=C\[C@H](C)/C=C/[C@@H](O)[C@@]1(O)COC(=O)C[C@@H](O)C(C)(C)C(=O)[C@H](C)[C@@H](O)/C(C)=C/[C@H](C)[C@@H](O)C[C@H](O)[C@@H](C)C1=O. The van der Waals surface area contributed by atoms with Crippen molar-refractivity contribution in [3.8, 4) is 0 Å². The van der Waals surface area contributed by atoms with Crippen LogP contribution in [0.2, 0.25) is 0 Å². The first kappa shape index (κ1) is 36.8. The third-order valence-corrected chi connectivity index (χ3v) is 8.25. The zero-order valence-corrected chi connectivity index (χ0v) is 25.5. The van der Waals surface area contributed by atoms with Crippen LogP contribution >= 0.6 is 0 Å². The minimum absolute atomic E-state index is 0.151. The van der Waals surface area contributed by atoms with Gasteiger partial charge in [-0.25, -0.2) is 0 Å². The molecular formula is C31H50O10. The highest BCUT2D eigenvalue weighted by Crippen LogP contribution is 2.32. The van der Waals surface area contributed by atoms with Crippen molar-refractivity contribution >= 4 is 17.5 Å². The largest absolute Gasteiger partial charge is 0.462 e. The molecule has 0 saturated heterocycles. The third-order valence-electron chi connectivity index (χ3n) is 8.25. The highest BCUT2D eigenvalue weighted by atomic mass is 16.5. The van der Waals surface area contributed by atoms with Gasteiger partial charge in [-0.2, -0.15) is 0 Å². The molecule has 0 bridgehead atoms. The summed E-state index contributed by atoms with van der Waals surface area (Å²) in [6, 6.07) is 0. The van der Waals surface area contributed by atoms with E-state index < -0.39 is 89.9 Å². The Balaban J connectivity index is 3.55. The molecule has 6 N–H and O–H groups in total. The Bertz CT molecular complexity index is 999. The van der Waals surface area contributed by atoms with Gasteiger partial charge < -0.3 is 35.4 Å². The molecule has 1 heterocycles. The number of esters is 1. The van der Waals surface area contributed by atoms with E-state index in [0.29, 0.717) is 5.57 Å². The van der Waals surface area contributed by atoms with E-state index in [1.165, 1.54) is 33.8 Å². The minimum atomic E-state index is -2.66. The predicted octanol–water partition coefficient (Wildman–Crippen LogP) is 1.65. The second kappa shape index (κ2) is 15.3. The fourth-order valence-electron chi connectivity index (χ4n) is 4.92. The zero-order valence-electron chi connectivity index (χ0n) is 25.5. The predicted molar refractivity (Wildman–Crippen MR) is 153 cm³/mol. The second-order valence-corrected chi connectivity index (χ2v) is 12.1. The van der Waals surface area contributed by atoms with E-state index in [1.807, 2.05) is 19.9 Å². The van der Waals surface area contributed by atoms with Crippen LogP contribution in [0.4, 0.5) is 0 Å². The van der Waals surface area contributed by atoms with Gasteiger partial charge in [-0.15, -0.1) is 0 Å². The van der Waals surface area contributed by atoms with E-state index in [0.717, 1.165) is 0 Å². The van der Waals surface area contributed by atoms with Crippen LogP contribution in [-0.2, 0) is 19.1 Å². The van der Waals surface area contributed by atoms with Crippen LogP contribution in [-0.4, -0.2) is 90.9 Å². The molecule has 0 aromatic rings. The number of ketones is 2. The highest BCUT2D eigenvalue weighted by molar-refractivity contribution is 5.91. The number of cyclic esters (lactones) is 1. The Morgan fingerprint density at radius 2 is 1.54 bits per heavy atom. The first-order valence-corrected chi connectivity index (χ1v) is 14.2. The second-order valence-electron chi connectivity index (χ2n) is 12.1. The van der Waals surface area contributed by atoms with E-state index >= 15 is 0 Å². The van der Waals surface area contributed by atoms with Crippen molar-refractivity contribution in [2.75, 3.05) is 6.61 Å². The Morgan fingerprint density at radius 3 is 2.10 bits per heavy atom. The van der Waals surface area contributed by atoms with Gasteiger partial charge in [0.05, 0.1) is 36.3 Å². The van der Waals surface area contributed by atoms with Gasteiger partial charge in [0.1, 0.15) is 18.5 Å². The Kier molecular flexibility index (Phi) is 13.8. The molecule has 0 fully saturated rings. The van der Waals surface area contributed by atoms with Crippen molar-refractivity contribution in [1.82, 2.24) is 0 Å². The summed E-state index contributed by atoms with van der Waals surface area (Å²) in [5.74, 6) is -5.56. The van der Waals surface area contributed by atoms with Crippen LogP contribution in [0.5, 0.6) is 0 Å². The lowest BCUT2D eigenvalue weighted by Gasteiger charge is -2.35.